The summed E-state index contributed by atoms with van der Waals surface area (Å²) >= 11 is 0. The number of likely N-dealkylation sites (N-methyl/N-ethyl adjacent to an activating group) is 1. The Balaban J connectivity index is 2.14. The van der Waals surface area contributed by atoms with Gasteiger partial charge in [-0.3, -0.25) is 0 Å². The van der Waals surface area contributed by atoms with E-state index < -0.39 is 15.8 Å². The van der Waals surface area contributed by atoms with Crippen LogP contribution in [0.25, 0.3) is 0 Å². The van der Waals surface area contributed by atoms with E-state index in [2.05, 4.69) is 0 Å². The predicted octanol–water partition coefficient (Wildman–Crippen LogP) is 2.16. The van der Waals surface area contributed by atoms with Gasteiger partial charge in [0.25, 0.3) is 0 Å². The second-order valence-corrected chi connectivity index (χ2v) is 7.66. The van der Waals surface area contributed by atoms with E-state index in [4.69, 9.17) is 9.47 Å². The summed E-state index contributed by atoms with van der Waals surface area (Å²) in [6, 6.07) is 6.89. The first kappa shape index (κ1) is 16.4. The zero-order valence-electron chi connectivity index (χ0n) is 13.0. The maximum absolute atomic E-state index is 12.7. The van der Waals surface area contributed by atoms with Gasteiger partial charge >= 0.3 is 0 Å². The molecule has 0 aromatic heterocycles. The minimum Gasteiger partial charge on any atom is -0.348 e. The molecule has 1 aromatic carbocycles. The molecule has 0 aliphatic carbocycles. The second kappa shape index (κ2) is 6.04. The summed E-state index contributed by atoms with van der Waals surface area (Å²) in [5.74, 6) is -0.641. The average molecular weight is 313 g/mol. The number of ether oxygens (including phenoxy) is 2. The Kier molecular flexibility index (Phi) is 4.72. The molecular formula is C15H23NO4S. The Morgan fingerprint density at radius 1 is 1.29 bits per heavy atom. The van der Waals surface area contributed by atoms with Crippen molar-refractivity contribution in [2.24, 2.45) is 0 Å². The summed E-state index contributed by atoms with van der Waals surface area (Å²) in [7, 11) is -3.49. The first-order valence-electron chi connectivity index (χ1n) is 7.13. The summed E-state index contributed by atoms with van der Waals surface area (Å²) in [6.45, 7) is 8.53. The highest BCUT2D eigenvalue weighted by atomic mass is 32.2. The average Bonchev–Trinajstić information content (AvgIpc) is 2.75. The lowest BCUT2D eigenvalue weighted by atomic mass is 10.2. The van der Waals surface area contributed by atoms with Crippen molar-refractivity contribution in [3.63, 3.8) is 0 Å². The van der Waals surface area contributed by atoms with Crippen LogP contribution in [-0.4, -0.2) is 44.3 Å². The van der Waals surface area contributed by atoms with Crippen LogP contribution in [0.3, 0.4) is 0 Å². The van der Waals surface area contributed by atoms with Crippen LogP contribution in [-0.2, 0) is 19.5 Å². The van der Waals surface area contributed by atoms with Crippen LogP contribution in [0, 0.1) is 6.92 Å². The molecule has 0 radical (unpaired) electrons. The molecule has 0 unspecified atom stereocenters. The molecule has 0 spiro atoms. The predicted molar refractivity (Wildman–Crippen MR) is 80.5 cm³/mol. The Bertz CT molecular complexity index is 580. The Morgan fingerprint density at radius 2 is 1.90 bits per heavy atom. The zero-order valence-corrected chi connectivity index (χ0v) is 13.8. The quantitative estimate of drug-likeness (QED) is 0.836. The van der Waals surface area contributed by atoms with Crippen LogP contribution >= 0.6 is 0 Å². The van der Waals surface area contributed by atoms with Crippen LogP contribution in [0.1, 0.15) is 26.3 Å². The van der Waals surface area contributed by atoms with Gasteiger partial charge in [0.1, 0.15) is 0 Å². The number of aryl methyl sites for hydroxylation is 1. The number of benzene rings is 1. The van der Waals surface area contributed by atoms with Crippen LogP contribution in [0.5, 0.6) is 0 Å². The van der Waals surface area contributed by atoms with Crippen LogP contribution in [0.15, 0.2) is 29.2 Å². The number of hydrogen-bond acceptors (Lipinski definition) is 4. The number of sulfonamides is 1. The SMILES string of the molecule is CCN(C[C@@H]1COC(C)(C)O1)S(=O)(=O)c1ccc(C)cc1. The first-order chi connectivity index (χ1) is 9.74. The third-order valence-corrected chi connectivity index (χ3v) is 5.44. The molecule has 0 N–H and O–H groups in total. The lowest BCUT2D eigenvalue weighted by Crippen LogP contribution is -2.38. The van der Waals surface area contributed by atoms with Gasteiger partial charge in [0.2, 0.25) is 10.0 Å². The first-order valence-corrected chi connectivity index (χ1v) is 8.57. The van der Waals surface area contributed by atoms with Crippen molar-refractivity contribution in [3.05, 3.63) is 29.8 Å². The van der Waals surface area contributed by atoms with Crippen LogP contribution in [0.2, 0.25) is 0 Å². The Hall–Kier alpha value is -0.950. The summed E-state index contributed by atoms with van der Waals surface area (Å²) in [5, 5.41) is 0. The molecule has 6 heteroatoms. The van der Waals surface area contributed by atoms with Gasteiger partial charge in [0.05, 0.1) is 17.6 Å². The summed E-state index contributed by atoms with van der Waals surface area (Å²) < 4.78 is 37.9. The van der Waals surface area contributed by atoms with Gasteiger partial charge in [-0.25, -0.2) is 8.42 Å². The van der Waals surface area contributed by atoms with E-state index in [-0.39, 0.29) is 6.10 Å². The topological polar surface area (TPSA) is 55.8 Å². The highest BCUT2D eigenvalue weighted by molar-refractivity contribution is 7.89. The molecule has 21 heavy (non-hydrogen) atoms. The minimum absolute atomic E-state index is 0.236. The molecule has 1 saturated heterocycles. The lowest BCUT2D eigenvalue weighted by molar-refractivity contribution is -0.139. The van der Waals surface area contributed by atoms with Crippen molar-refractivity contribution in [3.8, 4) is 0 Å². The lowest BCUT2D eigenvalue weighted by Gasteiger charge is -2.24. The van der Waals surface area contributed by atoms with Gasteiger partial charge in [0, 0.05) is 13.1 Å². The number of nitrogens with zero attached hydrogens (tertiary/aromatic N) is 1. The minimum atomic E-state index is -3.49. The molecule has 1 aliphatic rings. The van der Waals surface area contributed by atoms with Crippen molar-refractivity contribution in [1.82, 2.24) is 4.31 Å². The monoisotopic (exact) mass is 313 g/mol. The van der Waals surface area contributed by atoms with Gasteiger partial charge in [-0.05, 0) is 32.9 Å². The molecule has 118 valence electrons. The Labute approximate surface area is 126 Å². The maximum Gasteiger partial charge on any atom is 0.243 e. The van der Waals surface area contributed by atoms with E-state index in [1.54, 1.807) is 24.3 Å². The van der Waals surface area contributed by atoms with Crippen molar-refractivity contribution in [2.45, 2.75) is 44.5 Å². The van der Waals surface area contributed by atoms with E-state index in [9.17, 15) is 8.42 Å². The zero-order chi connectivity index (χ0) is 15.7. The van der Waals surface area contributed by atoms with E-state index in [0.29, 0.717) is 24.6 Å². The largest absolute Gasteiger partial charge is 0.348 e. The van der Waals surface area contributed by atoms with Crippen molar-refractivity contribution < 1.29 is 17.9 Å². The number of hydrogen-bond donors (Lipinski definition) is 0. The second-order valence-electron chi connectivity index (χ2n) is 5.72. The summed E-state index contributed by atoms with van der Waals surface area (Å²) in [6.07, 6.45) is -0.236. The molecular weight excluding hydrogens is 290 g/mol. The molecule has 5 nitrogen and oxygen atoms in total. The van der Waals surface area contributed by atoms with Gasteiger partial charge in [0.15, 0.2) is 5.79 Å². The van der Waals surface area contributed by atoms with E-state index in [0.717, 1.165) is 5.56 Å². The molecule has 1 fully saturated rings. The van der Waals surface area contributed by atoms with Crippen molar-refractivity contribution in [1.29, 1.82) is 0 Å². The van der Waals surface area contributed by atoms with Gasteiger partial charge < -0.3 is 9.47 Å². The fourth-order valence-corrected chi connectivity index (χ4v) is 3.82. The normalized spacial score (nSPS) is 21.9. The van der Waals surface area contributed by atoms with E-state index in [1.165, 1.54) is 4.31 Å². The van der Waals surface area contributed by atoms with Crippen LogP contribution in [0.4, 0.5) is 0 Å². The smallest absolute Gasteiger partial charge is 0.243 e. The molecule has 0 bridgehead atoms. The molecule has 1 heterocycles. The molecule has 0 saturated carbocycles. The standard InChI is InChI=1S/C15H23NO4S/c1-5-16(10-13-11-19-15(3,4)20-13)21(17,18)14-8-6-12(2)7-9-14/h6-9,13H,5,10-11H2,1-4H3/t13-/m1/s1. The maximum atomic E-state index is 12.7. The highest BCUT2D eigenvalue weighted by Crippen LogP contribution is 2.24. The molecule has 2 rings (SSSR count). The molecule has 1 aromatic rings. The fraction of sp³-hybridized carbons (Fsp3) is 0.600. The molecule has 0 amide bonds. The van der Waals surface area contributed by atoms with Gasteiger partial charge in [-0.15, -0.1) is 0 Å². The van der Waals surface area contributed by atoms with Crippen LogP contribution < -0.4 is 0 Å². The third-order valence-electron chi connectivity index (χ3n) is 3.49. The summed E-state index contributed by atoms with van der Waals surface area (Å²) in [4.78, 5) is 0.313. The van der Waals surface area contributed by atoms with Crippen molar-refractivity contribution in [2.75, 3.05) is 19.7 Å². The number of rotatable bonds is 5. The fourth-order valence-electron chi connectivity index (χ4n) is 2.34. The molecule has 1 aliphatic heterocycles. The summed E-state index contributed by atoms with van der Waals surface area (Å²) in [5.41, 5.74) is 1.03. The highest BCUT2D eigenvalue weighted by Gasteiger charge is 2.35. The van der Waals surface area contributed by atoms with Crippen molar-refractivity contribution >= 4 is 10.0 Å². The third kappa shape index (κ3) is 3.83. The molecule has 1 atom stereocenters. The van der Waals surface area contributed by atoms with Gasteiger partial charge in [-0.1, -0.05) is 24.6 Å². The van der Waals surface area contributed by atoms with E-state index >= 15 is 0 Å². The Morgan fingerprint density at radius 3 is 2.38 bits per heavy atom. The van der Waals surface area contributed by atoms with Gasteiger partial charge in [-0.2, -0.15) is 4.31 Å². The van der Waals surface area contributed by atoms with E-state index in [1.807, 2.05) is 27.7 Å².